The van der Waals surface area contributed by atoms with E-state index < -0.39 is 0 Å². The van der Waals surface area contributed by atoms with Gasteiger partial charge in [0.15, 0.2) is 0 Å². The molecule has 2 rings (SSSR count). The summed E-state index contributed by atoms with van der Waals surface area (Å²) in [6.07, 6.45) is 6.08. The number of nitrogens with one attached hydrogen (secondary N) is 1. The Labute approximate surface area is 107 Å². The Bertz CT molecular complexity index is 265. The Kier molecular flexibility index (Phi) is 12.0. The molecule has 0 aromatic rings. The highest BCUT2D eigenvalue weighted by molar-refractivity contribution is 5.68. The predicted octanol–water partition coefficient (Wildman–Crippen LogP) is 3.44. The maximum absolute atomic E-state index is 5.73. The van der Waals surface area contributed by atoms with Gasteiger partial charge >= 0.3 is 0 Å². The van der Waals surface area contributed by atoms with Gasteiger partial charge < -0.3 is 11.2 Å². The summed E-state index contributed by atoms with van der Waals surface area (Å²) in [4.78, 5) is 0. The van der Waals surface area contributed by atoms with Crippen LogP contribution in [-0.4, -0.2) is 12.3 Å². The fourth-order valence-corrected chi connectivity index (χ4v) is 1.40. The van der Waals surface area contributed by atoms with Gasteiger partial charge in [-0.25, -0.2) is 0 Å². The number of hydrogen-bond acceptors (Lipinski definition) is 3. The summed E-state index contributed by atoms with van der Waals surface area (Å²) in [7, 11) is 0. The highest BCUT2D eigenvalue weighted by atomic mass is 15.3. The largest absolute Gasteiger partial charge is 0.399 e. The van der Waals surface area contributed by atoms with Gasteiger partial charge in [0.25, 0.3) is 0 Å². The van der Waals surface area contributed by atoms with Crippen LogP contribution in [0, 0.1) is 5.92 Å². The Hall–Kier alpha value is -1.25. The molecular formula is C14H29N3. The highest BCUT2D eigenvalue weighted by Crippen LogP contribution is 2.21. The molecule has 17 heavy (non-hydrogen) atoms. The lowest BCUT2D eigenvalue weighted by atomic mass is 9.92. The van der Waals surface area contributed by atoms with Crippen LogP contribution >= 0.6 is 0 Å². The van der Waals surface area contributed by atoms with Gasteiger partial charge in [-0.2, -0.15) is 5.10 Å². The van der Waals surface area contributed by atoms with E-state index in [1.54, 1.807) is 0 Å². The quantitative estimate of drug-likeness (QED) is 0.680. The van der Waals surface area contributed by atoms with Crippen molar-refractivity contribution in [2.45, 2.75) is 54.5 Å². The lowest BCUT2D eigenvalue weighted by Crippen LogP contribution is -2.28. The molecule has 3 heteroatoms. The van der Waals surface area contributed by atoms with E-state index in [4.69, 9.17) is 5.73 Å². The van der Waals surface area contributed by atoms with Crippen molar-refractivity contribution < 1.29 is 0 Å². The summed E-state index contributed by atoms with van der Waals surface area (Å²) in [5.74, 6) is 0.405. The van der Waals surface area contributed by atoms with Gasteiger partial charge in [0, 0.05) is 17.8 Å². The number of hydrogen-bond donors (Lipinski definition) is 2. The molecule has 2 atom stereocenters. The molecular weight excluding hydrogens is 210 g/mol. The fraction of sp³-hybridized carbons (Fsp3) is 0.643. The molecule has 0 amide bonds. The van der Waals surface area contributed by atoms with Crippen molar-refractivity contribution in [2.75, 3.05) is 0 Å². The van der Waals surface area contributed by atoms with Crippen LogP contribution in [-0.2, 0) is 0 Å². The van der Waals surface area contributed by atoms with E-state index in [2.05, 4.69) is 16.6 Å². The summed E-state index contributed by atoms with van der Waals surface area (Å²) < 4.78 is 0. The van der Waals surface area contributed by atoms with Crippen LogP contribution in [0.1, 0.15) is 48.5 Å². The van der Waals surface area contributed by atoms with Crippen molar-refractivity contribution in [3.05, 3.63) is 23.4 Å². The summed E-state index contributed by atoms with van der Waals surface area (Å²) in [6, 6.07) is 0.290. The fourth-order valence-electron chi connectivity index (χ4n) is 1.40. The first-order valence-corrected chi connectivity index (χ1v) is 6.72. The minimum atomic E-state index is 0.290. The Morgan fingerprint density at radius 3 is 2.12 bits per heavy atom. The van der Waals surface area contributed by atoms with E-state index in [1.165, 1.54) is 0 Å². The third kappa shape index (κ3) is 5.57. The second-order valence-corrected chi connectivity index (χ2v) is 2.98. The molecule has 0 aromatic carbocycles. The SMILES string of the molecule is CC.CC.CC.CC1=CC2C=NNC2C=C1N. The molecule has 1 aliphatic carbocycles. The molecule has 1 aliphatic heterocycles. The normalized spacial score (nSPS) is 23.0. The van der Waals surface area contributed by atoms with Gasteiger partial charge in [0.1, 0.15) is 0 Å². The average Bonchev–Trinajstić information content (AvgIpc) is 2.84. The lowest BCUT2D eigenvalue weighted by molar-refractivity contribution is 0.614. The first kappa shape index (κ1) is 18.1. The molecule has 0 fully saturated rings. The molecule has 2 aliphatic rings. The van der Waals surface area contributed by atoms with Crippen LogP contribution in [0.3, 0.4) is 0 Å². The second kappa shape index (κ2) is 11.2. The topological polar surface area (TPSA) is 50.4 Å². The van der Waals surface area contributed by atoms with Crippen molar-refractivity contribution in [1.29, 1.82) is 0 Å². The van der Waals surface area contributed by atoms with E-state index in [-0.39, 0.29) is 0 Å². The number of nitrogens with two attached hydrogens (primary N) is 1. The molecule has 0 radical (unpaired) electrons. The van der Waals surface area contributed by atoms with E-state index in [9.17, 15) is 0 Å². The smallest absolute Gasteiger partial charge is 0.0756 e. The van der Waals surface area contributed by atoms with Gasteiger partial charge in [-0.1, -0.05) is 47.6 Å². The van der Waals surface area contributed by atoms with Crippen LogP contribution in [0.4, 0.5) is 0 Å². The van der Waals surface area contributed by atoms with Crippen LogP contribution < -0.4 is 11.2 Å². The van der Waals surface area contributed by atoms with Gasteiger partial charge in [0.05, 0.1) is 6.04 Å². The minimum Gasteiger partial charge on any atom is -0.399 e. The van der Waals surface area contributed by atoms with Gasteiger partial charge in [-0.05, 0) is 18.6 Å². The number of allylic oxidation sites excluding steroid dienone is 1. The maximum Gasteiger partial charge on any atom is 0.0756 e. The third-order valence-electron chi connectivity index (χ3n) is 2.14. The lowest BCUT2D eigenvalue weighted by Gasteiger charge is -2.18. The molecule has 100 valence electrons. The van der Waals surface area contributed by atoms with Gasteiger partial charge in [-0.3, -0.25) is 0 Å². The molecule has 0 saturated heterocycles. The zero-order valence-electron chi connectivity index (χ0n) is 12.4. The molecule has 0 saturated carbocycles. The van der Waals surface area contributed by atoms with Gasteiger partial charge in [-0.15, -0.1) is 0 Å². The maximum atomic E-state index is 5.73. The second-order valence-electron chi connectivity index (χ2n) is 2.98. The number of rotatable bonds is 0. The summed E-state index contributed by atoms with van der Waals surface area (Å²) >= 11 is 0. The first-order valence-electron chi connectivity index (χ1n) is 6.72. The number of hydrazone groups is 1. The van der Waals surface area contributed by atoms with Gasteiger partial charge in [0.2, 0.25) is 0 Å². The third-order valence-corrected chi connectivity index (χ3v) is 2.14. The van der Waals surface area contributed by atoms with Crippen LogP contribution in [0.15, 0.2) is 28.5 Å². The first-order chi connectivity index (χ1) is 8.27. The zero-order valence-corrected chi connectivity index (χ0v) is 12.4. The Balaban J connectivity index is 0. The summed E-state index contributed by atoms with van der Waals surface area (Å²) in [6.45, 7) is 14.0. The zero-order chi connectivity index (χ0) is 13.8. The molecule has 2 unspecified atom stereocenters. The van der Waals surface area contributed by atoms with E-state index >= 15 is 0 Å². The predicted molar refractivity (Wildman–Crippen MR) is 79.0 cm³/mol. The van der Waals surface area contributed by atoms with Crippen LogP contribution in [0.5, 0.6) is 0 Å². The molecule has 3 N–H and O–H groups in total. The summed E-state index contributed by atoms with van der Waals surface area (Å²) in [5.41, 5.74) is 10.7. The van der Waals surface area contributed by atoms with E-state index in [0.717, 1.165) is 11.3 Å². The van der Waals surface area contributed by atoms with Crippen molar-refractivity contribution in [2.24, 2.45) is 16.8 Å². The average molecular weight is 239 g/mol. The van der Waals surface area contributed by atoms with Crippen molar-refractivity contribution >= 4 is 6.21 Å². The Morgan fingerprint density at radius 2 is 1.59 bits per heavy atom. The molecule has 0 bridgehead atoms. The Morgan fingerprint density at radius 1 is 1.06 bits per heavy atom. The van der Waals surface area contributed by atoms with E-state index in [0.29, 0.717) is 12.0 Å². The van der Waals surface area contributed by atoms with Crippen molar-refractivity contribution in [3.8, 4) is 0 Å². The molecule has 0 aromatic heterocycles. The molecule has 0 spiro atoms. The van der Waals surface area contributed by atoms with E-state index in [1.807, 2.05) is 60.8 Å². The van der Waals surface area contributed by atoms with Crippen LogP contribution in [0.2, 0.25) is 0 Å². The number of fused-ring (bicyclic) bond motifs is 1. The number of nitrogens with zero attached hydrogens (tertiary/aromatic N) is 1. The highest BCUT2D eigenvalue weighted by Gasteiger charge is 2.23. The minimum absolute atomic E-state index is 0.290. The molecule has 3 nitrogen and oxygen atoms in total. The summed E-state index contributed by atoms with van der Waals surface area (Å²) in [5, 5.41) is 3.98. The van der Waals surface area contributed by atoms with Crippen LogP contribution in [0.25, 0.3) is 0 Å². The van der Waals surface area contributed by atoms with Crippen molar-refractivity contribution in [3.63, 3.8) is 0 Å². The van der Waals surface area contributed by atoms with Crippen molar-refractivity contribution in [1.82, 2.24) is 5.43 Å². The standard InChI is InChI=1S/C8H11N3.3C2H6/c1-5-2-6-4-10-11-8(6)3-7(5)9;3*1-2/h2-4,6,8,11H,9H2,1H3;3*1-2H3. The monoisotopic (exact) mass is 239 g/mol. The molecule has 1 heterocycles.